The zero-order valence-electron chi connectivity index (χ0n) is 14.9. The summed E-state index contributed by atoms with van der Waals surface area (Å²) in [7, 11) is -5.21. The van der Waals surface area contributed by atoms with E-state index in [4.69, 9.17) is 0 Å². The molecular weight excluding hydrogens is 389 g/mol. The molecule has 0 aromatic carbocycles. The number of hydrogen-bond acceptors (Lipinski definition) is 4. The lowest BCUT2D eigenvalue weighted by Crippen LogP contribution is -2.46. The summed E-state index contributed by atoms with van der Waals surface area (Å²) in [6.07, 6.45) is 3.05. The fraction of sp³-hybridized carbons (Fsp3) is 0.933. The third-order valence-electron chi connectivity index (χ3n) is 4.56. The maximum absolute atomic E-state index is 12.6. The Hall–Kier alpha value is -0.680. The molecule has 0 aliphatic carbocycles. The predicted octanol–water partition coefficient (Wildman–Crippen LogP) is 2.00. The van der Waals surface area contributed by atoms with Crippen LogP contribution in [-0.4, -0.2) is 67.9 Å². The molecule has 0 saturated carbocycles. The molecule has 0 amide bonds. The van der Waals surface area contributed by atoms with Gasteiger partial charge in [0.15, 0.2) is 5.96 Å². The minimum atomic E-state index is -5.22. The van der Waals surface area contributed by atoms with Crippen LogP contribution in [0.2, 0.25) is 0 Å². The molecular formula is C15H27F3N4O2S2. The fourth-order valence-electron chi connectivity index (χ4n) is 3.07. The first-order chi connectivity index (χ1) is 12.2. The van der Waals surface area contributed by atoms with E-state index in [9.17, 15) is 21.6 Å². The van der Waals surface area contributed by atoms with Gasteiger partial charge in [-0.1, -0.05) is 0 Å². The van der Waals surface area contributed by atoms with Crippen LogP contribution in [0.25, 0.3) is 0 Å². The van der Waals surface area contributed by atoms with Gasteiger partial charge in [0.25, 0.3) is 0 Å². The second-order valence-corrected chi connectivity index (χ2v) is 9.65. The standard InChI is InChI=1S/C15H27F3N4O2S2/c1-2-19-14(21-13-4-3-9-25-11-13)20-10-12-5-7-22(8-6-12)26(23,24)15(16,17)18/h12-13H,2-11H2,1H3,(H2,19,20,21). The highest BCUT2D eigenvalue weighted by atomic mass is 32.2. The zero-order valence-corrected chi connectivity index (χ0v) is 16.5. The quantitative estimate of drug-likeness (QED) is 0.530. The molecule has 2 N–H and O–H groups in total. The van der Waals surface area contributed by atoms with Crippen molar-refractivity contribution in [3.63, 3.8) is 0 Å². The number of guanidine groups is 1. The molecule has 6 nitrogen and oxygen atoms in total. The smallest absolute Gasteiger partial charge is 0.357 e. The van der Waals surface area contributed by atoms with E-state index in [0.717, 1.165) is 24.7 Å². The Bertz CT molecular complexity index is 570. The van der Waals surface area contributed by atoms with Crippen LogP contribution in [0.5, 0.6) is 0 Å². The lowest BCUT2D eigenvalue weighted by Gasteiger charge is -2.31. The van der Waals surface area contributed by atoms with Gasteiger partial charge < -0.3 is 10.6 Å². The highest BCUT2D eigenvalue weighted by Crippen LogP contribution is 2.30. The molecule has 26 heavy (non-hydrogen) atoms. The molecule has 0 radical (unpaired) electrons. The predicted molar refractivity (Wildman–Crippen MR) is 98.7 cm³/mol. The van der Waals surface area contributed by atoms with Crippen LogP contribution in [0.4, 0.5) is 13.2 Å². The second kappa shape index (κ2) is 9.50. The Morgan fingerprint density at radius 2 is 1.96 bits per heavy atom. The molecule has 152 valence electrons. The summed E-state index contributed by atoms with van der Waals surface area (Å²) < 4.78 is 61.2. The van der Waals surface area contributed by atoms with E-state index in [1.165, 1.54) is 12.2 Å². The van der Waals surface area contributed by atoms with Gasteiger partial charge in [-0.3, -0.25) is 4.99 Å². The topological polar surface area (TPSA) is 73.8 Å². The number of thioether (sulfide) groups is 1. The molecule has 1 atom stereocenters. The van der Waals surface area contributed by atoms with Crippen molar-refractivity contribution in [1.82, 2.24) is 14.9 Å². The first kappa shape index (κ1) is 21.6. The Morgan fingerprint density at radius 3 is 2.50 bits per heavy atom. The number of hydrogen-bond donors (Lipinski definition) is 2. The number of sulfonamides is 1. The van der Waals surface area contributed by atoms with Gasteiger partial charge in [-0.05, 0) is 44.3 Å². The first-order valence-electron chi connectivity index (χ1n) is 8.93. The fourth-order valence-corrected chi connectivity index (χ4v) is 5.12. The van der Waals surface area contributed by atoms with Gasteiger partial charge in [-0.15, -0.1) is 0 Å². The van der Waals surface area contributed by atoms with Gasteiger partial charge in [0.2, 0.25) is 0 Å². The number of aliphatic imine (C=N–C) groups is 1. The second-order valence-electron chi connectivity index (χ2n) is 6.57. The Balaban J connectivity index is 1.85. The lowest BCUT2D eigenvalue weighted by atomic mass is 9.98. The van der Waals surface area contributed by atoms with Crippen LogP contribution >= 0.6 is 11.8 Å². The van der Waals surface area contributed by atoms with Crippen LogP contribution in [0.1, 0.15) is 32.6 Å². The summed E-state index contributed by atoms with van der Waals surface area (Å²) >= 11 is 1.91. The summed E-state index contributed by atoms with van der Waals surface area (Å²) in [5.41, 5.74) is -5.22. The molecule has 1 unspecified atom stereocenters. The highest BCUT2D eigenvalue weighted by molar-refractivity contribution is 7.99. The summed E-state index contributed by atoms with van der Waals surface area (Å²) in [5.74, 6) is 3.04. The molecule has 0 bridgehead atoms. The average Bonchev–Trinajstić information content (AvgIpc) is 2.60. The number of piperidine rings is 1. The molecule has 0 spiro atoms. The monoisotopic (exact) mass is 416 g/mol. The van der Waals surface area contributed by atoms with Gasteiger partial charge >= 0.3 is 15.5 Å². The summed E-state index contributed by atoms with van der Waals surface area (Å²) in [6, 6.07) is 0.380. The number of nitrogens with zero attached hydrogens (tertiary/aromatic N) is 2. The average molecular weight is 417 g/mol. The van der Waals surface area contributed by atoms with Crippen LogP contribution in [0.3, 0.4) is 0 Å². The molecule has 2 saturated heterocycles. The van der Waals surface area contributed by atoms with E-state index >= 15 is 0 Å². The Morgan fingerprint density at radius 1 is 1.27 bits per heavy atom. The highest BCUT2D eigenvalue weighted by Gasteiger charge is 2.50. The van der Waals surface area contributed by atoms with Crippen molar-refractivity contribution >= 4 is 27.7 Å². The minimum Gasteiger partial charge on any atom is -0.357 e. The van der Waals surface area contributed by atoms with E-state index in [0.29, 0.717) is 29.7 Å². The van der Waals surface area contributed by atoms with Gasteiger partial charge in [0, 0.05) is 38.0 Å². The van der Waals surface area contributed by atoms with Crippen LogP contribution in [0, 0.1) is 5.92 Å². The summed E-state index contributed by atoms with van der Waals surface area (Å²) in [4.78, 5) is 4.56. The molecule has 0 aromatic rings. The lowest BCUT2D eigenvalue weighted by molar-refractivity contribution is -0.0496. The Labute approximate surface area is 157 Å². The summed E-state index contributed by atoms with van der Waals surface area (Å²) in [6.45, 7) is 2.98. The number of halogens is 3. The van der Waals surface area contributed by atoms with E-state index in [1.54, 1.807) is 0 Å². The van der Waals surface area contributed by atoms with Crippen LogP contribution in [-0.2, 0) is 10.0 Å². The van der Waals surface area contributed by atoms with Crippen LogP contribution in [0.15, 0.2) is 4.99 Å². The maximum Gasteiger partial charge on any atom is 0.511 e. The largest absolute Gasteiger partial charge is 0.511 e. The van der Waals surface area contributed by atoms with Crippen molar-refractivity contribution in [2.75, 3.05) is 37.7 Å². The van der Waals surface area contributed by atoms with Crippen molar-refractivity contribution < 1.29 is 21.6 Å². The van der Waals surface area contributed by atoms with Crippen LogP contribution < -0.4 is 10.6 Å². The first-order valence-corrected chi connectivity index (χ1v) is 11.5. The zero-order chi connectivity index (χ0) is 19.2. The van der Waals surface area contributed by atoms with Crippen molar-refractivity contribution in [3.8, 4) is 0 Å². The van der Waals surface area contributed by atoms with Crippen molar-refractivity contribution in [2.24, 2.45) is 10.9 Å². The van der Waals surface area contributed by atoms with Gasteiger partial charge in [0.05, 0.1) is 0 Å². The molecule has 0 aromatic heterocycles. The molecule has 2 fully saturated rings. The SMILES string of the molecule is CCNC(=NCC1CCN(S(=O)(=O)C(F)(F)F)CC1)NC1CCCSC1. The molecule has 2 aliphatic rings. The number of nitrogens with one attached hydrogen (secondary N) is 2. The number of rotatable bonds is 5. The van der Waals surface area contributed by atoms with Gasteiger partial charge in [-0.25, -0.2) is 8.42 Å². The van der Waals surface area contributed by atoms with E-state index in [2.05, 4.69) is 15.6 Å². The van der Waals surface area contributed by atoms with E-state index in [-0.39, 0.29) is 19.0 Å². The van der Waals surface area contributed by atoms with E-state index in [1.807, 2.05) is 18.7 Å². The number of alkyl halides is 3. The molecule has 11 heteroatoms. The normalized spacial score (nSPS) is 24.5. The maximum atomic E-state index is 12.6. The van der Waals surface area contributed by atoms with Crippen molar-refractivity contribution in [1.29, 1.82) is 0 Å². The van der Waals surface area contributed by atoms with Crippen molar-refractivity contribution in [2.45, 2.75) is 44.2 Å². The van der Waals surface area contributed by atoms with Gasteiger partial charge in [0.1, 0.15) is 0 Å². The molecule has 2 heterocycles. The minimum absolute atomic E-state index is 0.0888. The molecule has 2 aliphatic heterocycles. The Kier molecular flexibility index (Phi) is 7.90. The van der Waals surface area contributed by atoms with Crippen molar-refractivity contribution in [3.05, 3.63) is 0 Å². The summed E-state index contributed by atoms with van der Waals surface area (Å²) in [5, 5.41) is 6.61. The third kappa shape index (κ3) is 5.91. The van der Waals surface area contributed by atoms with E-state index < -0.39 is 15.5 Å². The third-order valence-corrected chi connectivity index (χ3v) is 7.40. The van der Waals surface area contributed by atoms with Gasteiger partial charge in [-0.2, -0.15) is 29.2 Å². The molecule has 2 rings (SSSR count).